The molecule has 2 N–H and O–H groups in total. The number of hydrogen-bond donors (Lipinski definition) is 2. The van der Waals surface area contributed by atoms with Crippen molar-refractivity contribution in [3.8, 4) is 5.88 Å². The quantitative estimate of drug-likeness (QED) is 0.233. The summed E-state index contributed by atoms with van der Waals surface area (Å²) in [6.07, 6.45) is 3.93. The van der Waals surface area contributed by atoms with E-state index in [9.17, 15) is 0 Å². The molecule has 1 unspecified atom stereocenters. The van der Waals surface area contributed by atoms with Crippen LogP contribution in [0, 0.1) is 0 Å². The number of guanidine groups is 1. The minimum atomic E-state index is 0. The largest absolute Gasteiger partial charge is 0.478 e. The third-order valence-electron chi connectivity index (χ3n) is 3.74. The van der Waals surface area contributed by atoms with Gasteiger partial charge in [0.05, 0.1) is 25.9 Å². The van der Waals surface area contributed by atoms with Crippen LogP contribution in [0.5, 0.6) is 5.88 Å². The first-order valence-electron chi connectivity index (χ1n) is 9.11. The number of rotatable bonds is 10. The Morgan fingerprint density at radius 2 is 2.27 bits per heavy atom. The van der Waals surface area contributed by atoms with Gasteiger partial charge in [0.25, 0.3) is 0 Å². The Morgan fingerprint density at radius 3 is 3.00 bits per heavy atom. The van der Waals surface area contributed by atoms with E-state index in [1.165, 1.54) is 0 Å². The van der Waals surface area contributed by atoms with Gasteiger partial charge in [-0.25, -0.2) is 9.98 Å². The highest BCUT2D eigenvalue weighted by Gasteiger charge is 2.15. The van der Waals surface area contributed by atoms with Crippen molar-refractivity contribution in [2.75, 3.05) is 39.5 Å². The Morgan fingerprint density at radius 1 is 1.38 bits per heavy atom. The number of nitrogens with one attached hydrogen (secondary N) is 2. The van der Waals surface area contributed by atoms with E-state index in [4.69, 9.17) is 14.2 Å². The lowest BCUT2D eigenvalue weighted by Crippen LogP contribution is -2.38. The molecule has 0 saturated carbocycles. The summed E-state index contributed by atoms with van der Waals surface area (Å²) in [6.45, 7) is 9.02. The molecule has 0 amide bonds. The first-order valence-corrected chi connectivity index (χ1v) is 9.11. The smallest absolute Gasteiger partial charge is 0.218 e. The molecule has 1 atom stereocenters. The molecule has 1 fully saturated rings. The van der Waals surface area contributed by atoms with Crippen LogP contribution in [0.3, 0.4) is 0 Å². The lowest BCUT2D eigenvalue weighted by molar-refractivity contribution is 0.0420. The molecule has 8 heteroatoms. The number of pyridine rings is 1. The molecule has 1 saturated heterocycles. The molecule has 148 valence electrons. The van der Waals surface area contributed by atoms with Crippen LogP contribution in [-0.4, -0.2) is 56.6 Å². The first kappa shape index (κ1) is 22.9. The monoisotopic (exact) mass is 478 g/mol. The molecule has 1 aliphatic heterocycles. The predicted octanol–water partition coefficient (Wildman–Crippen LogP) is 2.35. The number of aromatic nitrogens is 1. The van der Waals surface area contributed by atoms with Crippen LogP contribution in [0.25, 0.3) is 0 Å². The van der Waals surface area contributed by atoms with Gasteiger partial charge in [-0.3, -0.25) is 0 Å². The highest BCUT2D eigenvalue weighted by atomic mass is 127. The van der Waals surface area contributed by atoms with Crippen molar-refractivity contribution in [3.63, 3.8) is 0 Å². The van der Waals surface area contributed by atoms with Gasteiger partial charge >= 0.3 is 0 Å². The standard InChI is InChI=1S/C18H30N4O3.HI/c1-3-19-18(21-10-6-11-25-16-8-12-23-14-16)22-13-15-7-5-9-20-17(15)24-4-2;/h5,7,9,16H,3-4,6,8,10-14H2,1-2H3,(H2,19,21,22);1H. The molecule has 2 rings (SSSR count). The van der Waals surface area contributed by atoms with Gasteiger partial charge in [0.15, 0.2) is 5.96 Å². The maximum absolute atomic E-state index is 5.77. The van der Waals surface area contributed by atoms with Gasteiger partial charge in [0.1, 0.15) is 0 Å². The van der Waals surface area contributed by atoms with Crippen molar-refractivity contribution < 1.29 is 14.2 Å². The number of hydrogen-bond acceptors (Lipinski definition) is 5. The fourth-order valence-corrected chi connectivity index (χ4v) is 2.49. The van der Waals surface area contributed by atoms with Crippen LogP contribution >= 0.6 is 24.0 Å². The zero-order valence-electron chi connectivity index (χ0n) is 15.7. The van der Waals surface area contributed by atoms with E-state index in [1.54, 1.807) is 6.20 Å². The van der Waals surface area contributed by atoms with Crippen molar-refractivity contribution in [1.82, 2.24) is 15.6 Å². The van der Waals surface area contributed by atoms with Gasteiger partial charge in [0.2, 0.25) is 5.88 Å². The number of nitrogens with zero attached hydrogens (tertiary/aromatic N) is 2. The van der Waals surface area contributed by atoms with E-state index in [2.05, 4.69) is 27.5 Å². The van der Waals surface area contributed by atoms with E-state index in [-0.39, 0.29) is 30.1 Å². The van der Waals surface area contributed by atoms with Crippen LogP contribution in [0.15, 0.2) is 23.3 Å². The Hall–Kier alpha value is -1.13. The van der Waals surface area contributed by atoms with Gasteiger partial charge < -0.3 is 24.8 Å². The second-order valence-corrected chi connectivity index (χ2v) is 5.73. The maximum Gasteiger partial charge on any atom is 0.218 e. The van der Waals surface area contributed by atoms with Gasteiger partial charge in [-0.05, 0) is 32.8 Å². The summed E-state index contributed by atoms with van der Waals surface area (Å²) in [6, 6.07) is 3.89. The topological polar surface area (TPSA) is 77.0 Å². The van der Waals surface area contributed by atoms with E-state index < -0.39 is 0 Å². The second-order valence-electron chi connectivity index (χ2n) is 5.73. The molecule has 1 aliphatic rings. The van der Waals surface area contributed by atoms with Crippen molar-refractivity contribution in [2.24, 2.45) is 4.99 Å². The Labute approximate surface area is 173 Å². The average molecular weight is 478 g/mol. The summed E-state index contributed by atoms with van der Waals surface area (Å²) in [5, 5.41) is 6.59. The maximum atomic E-state index is 5.77. The normalized spacial score (nSPS) is 16.8. The Balaban J connectivity index is 0.00000338. The van der Waals surface area contributed by atoms with E-state index in [0.717, 1.165) is 57.3 Å². The summed E-state index contributed by atoms with van der Waals surface area (Å²) in [4.78, 5) is 8.87. The average Bonchev–Trinajstić information content (AvgIpc) is 3.14. The molecule has 26 heavy (non-hydrogen) atoms. The van der Waals surface area contributed by atoms with Gasteiger partial charge in [-0.2, -0.15) is 0 Å². The zero-order chi connectivity index (χ0) is 17.7. The highest BCUT2D eigenvalue weighted by Crippen LogP contribution is 2.15. The predicted molar refractivity (Wildman–Crippen MR) is 113 cm³/mol. The zero-order valence-corrected chi connectivity index (χ0v) is 18.0. The van der Waals surface area contributed by atoms with E-state index in [0.29, 0.717) is 19.0 Å². The van der Waals surface area contributed by atoms with Crippen LogP contribution in [0.1, 0.15) is 32.3 Å². The van der Waals surface area contributed by atoms with Crippen LogP contribution in [-0.2, 0) is 16.0 Å². The summed E-state index contributed by atoms with van der Waals surface area (Å²) >= 11 is 0. The molecule has 0 spiro atoms. The molecule has 0 bridgehead atoms. The summed E-state index contributed by atoms with van der Waals surface area (Å²) < 4.78 is 16.6. The third kappa shape index (κ3) is 8.50. The molecule has 2 heterocycles. The molecule has 1 aromatic heterocycles. The van der Waals surface area contributed by atoms with Crippen LogP contribution < -0.4 is 15.4 Å². The number of ether oxygens (including phenoxy) is 3. The van der Waals surface area contributed by atoms with E-state index >= 15 is 0 Å². The molecular weight excluding hydrogens is 447 g/mol. The van der Waals surface area contributed by atoms with Gasteiger partial charge in [-0.1, -0.05) is 6.07 Å². The lowest BCUT2D eigenvalue weighted by atomic mass is 10.3. The van der Waals surface area contributed by atoms with Crippen molar-refractivity contribution in [1.29, 1.82) is 0 Å². The minimum Gasteiger partial charge on any atom is -0.478 e. The number of halogens is 1. The lowest BCUT2D eigenvalue weighted by Gasteiger charge is -2.13. The third-order valence-corrected chi connectivity index (χ3v) is 3.74. The van der Waals surface area contributed by atoms with Crippen molar-refractivity contribution >= 4 is 29.9 Å². The highest BCUT2D eigenvalue weighted by molar-refractivity contribution is 14.0. The molecular formula is C18H31IN4O3. The van der Waals surface area contributed by atoms with Crippen LogP contribution in [0.2, 0.25) is 0 Å². The number of aliphatic imine (C=N–C) groups is 1. The van der Waals surface area contributed by atoms with Crippen LogP contribution in [0.4, 0.5) is 0 Å². The van der Waals surface area contributed by atoms with E-state index in [1.807, 2.05) is 19.1 Å². The molecule has 0 radical (unpaired) electrons. The first-order chi connectivity index (χ1) is 12.3. The molecule has 7 nitrogen and oxygen atoms in total. The fourth-order valence-electron chi connectivity index (χ4n) is 2.49. The van der Waals surface area contributed by atoms with Crippen molar-refractivity contribution in [3.05, 3.63) is 23.9 Å². The summed E-state index contributed by atoms with van der Waals surface area (Å²) in [5.74, 6) is 1.44. The fraction of sp³-hybridized carbons (Fsp3) is 0.667. The summed E-state index contributed by atoms with van der Waals surface area (Å²) in [7, 11) is 0. The SMILES string of the molecule is CCNC(=NCc1cccnc1OCC)NCCCOC1CCOC1.I. The second kappa shape index (κ2) is 14.0. The summed E-state index contributed by atoms with van der Waals surface area (Å²) in [5.41, 5.74) is 0.978. The Kier molecular flexibility index (Phi) is 12.3. The van der Waals surface area contributed by atoms with Gasteiger partial charge in [-0.15, -0.1) is 24.0 Å². The minimum absolute atomic E-state index is 0. The molecule has 0 aliphatic carbocycles. The molecule has 1 aromatic rings. The van der Waals surface area contributed by atoms with Gasteiger partial charge in [0, 0.05) is 38.1 Å². The Bertz CT molecular complexity index is 525. The molecule has 0 aromatic carbocycles. The van der Waals surface area contributed by atoms with Crippen molar-refractivity contribution in [2.45, 2.75) is 39.3 Å².